The maximum Gasteiger partial charge on any atom is 0.192 e. The Hall–Kier alpha value is 0.0969. The Morgan fingerprint density at radius 3 is 1.78 bits per heavy atom. The summed E-state index contributed by atoms with van der Waals surface area (Å²) in [5.41, 5.74) is 0. The molecule has 0 amide bonds. The van der Waals surface area contributed by atoms with Crippen molar-refractivity contribution in [3.63, 3.8) is 0 Å². The fraction of sp³-hybridized carbons (Fsp3) is 1.00. The molecule has 0 radical (unpaired) electrons. The molecular formula is C14H32O3Si. The molecule has 2 aliphatic heterocycles. The molecule has 4 heteroatoms. The van der Waals surface area contributed by atoms with Crippen LogP contribution in [-0.2, 0) is 13.9 Å². The minimum Gasteiger partial charge on any atom is -0.414 e. The second kappa shape index (κ2) is 7.03. The number of hydrogen-bond donors (Lipinski definition) is 0. The maximum atomic E-state index is 5.93. The standard InChI is InChI=1S/C9H20O2Si.C4H8O.CH4/c1-9(2,3)12(4,5)11-7-8-6-10-8;1-2-4-3-5-4;/h8H,6-7H2,1-5H3;4H,2-3H2,1H3;1H4. The molecule has 0 bridgehead atoms. The van der Waals surface area contributed by atoms with E-state index in [1.54, 1.807) is 0 Å². The van der Waals surface area contributed by atoms with Crippen LogP contribution in [0.2, 0.25) is 18.1 Å². The van der Waals surface area contributed by atoms with Gasteiger partial charge < -0.3 is 13.9 Å². The lowest BCUT2D eigenvalue weighted by atomic mass is 10.2. The summed E-state index contributed by atoms with van der Waals surface area (Å²) in [5.74, 6) is 0. The number of rotatable bonds is 4. The van der Waals surface area contributed by atoms with Crippen LogP contribution in [0.4, 0.5) is 0 Å². The number of ether oxygens (including phenoxy) is 2. The zero-order valence-corrected chi connectivity index (χ0v) is 13.2. The third-order valence-corrected chi connectivity index (χ3v) is 8.20. The van der Waals surface area contributed by atoms with Crippen LogP contribution in [-0.4, -0.2) is 40.3 Å². The Kier molecular flexibility index (Phi) is 7.07. The third kappa shape index (κ3) is 6.88. The van der Waals surface area contributed by atoms with E-state index in [1.165, 1.54) is 6.42 Å². The molecule has 2 heterocycles. The molecule has 2 aliphatic rings. The van der Waals surface area contributed by atoms with Gasteiger partial charge in [-0.1, -0.05) is 35.1 Å². The normalized spacial score (nSPS) is 25.7. The molecule has 110 valence electrons. The molecular weight excluding hydrogens is 244 g/mol. The molecule has 0 aliphatic carbocycles. The van der Waals surface area contributed by atoms with E-state index in [0.29, 0.717) is 17.2 Å². The first-order valence-corrected chi connectivity index (χ1v) is 9.54. The largest absolute Gasteiger partial charge is 0.414 e. The Morgan fingerprint density at radius 1 is 1.11 bits per heavy atom. The van der Waals surface area contributed by atoms with Crippen molar-refractivity contribution in [1.82, 2.24) is 0 Å². The molecule has 2 saturated heterocycles. The van der Waals surface area contributed by atoms with Gasteiger partial charge in [0, 0.05) is 0 Å². The zero-order valence-electron chi connectivity index (χ0n) is 12.2. The van der Waals surface area contributed by atoms with Gasteiger partial charge in [0.2, 0.25) is 0 Å². The molecule has 0 spiro atoms. The Bertz CT molecular complexity index is 228. The summed E-state index contributed by atoms with van der Waals surface area (Å²) in [5, 5.41) is 0.321. The molecule has 2 atom stereocenters. The highest BCUT2D eigenvalue weighted by Gasteiger charge is 2.38. The average Bonchev–Trinajstić information content (AvgIpc) is 3.07. The van der Waals surface area contributed by atoms with Crippen LogP contribution in [0, 0.1) is 0 Å². The van der Waals surface area contributed by atoms with Crippen molar-refractivity contribution in [2.24, 2.45) is 0 Å². The summed E-state index contributed by atoms with van der Waals surface area (Å²) >= 11 is 0. The van der Waals surface area contributed by atoms with Crippen molar-refractivity contribution in [2.45, 2.75) is 71.9 Å². The first kappa shape index (κ1) is 18.1. The molecule has 3 nitrogen and oxygen atoms in total. The van der Waals surface area contributed by atoms with E-state index >= 15 is 0 Å². The van der Waals surface area contributed by atoms with Gasteiger partial charge in [-0.2, -0.15) is 0 Å². The minimum atomic E-state index is -1.51. The monoisotopic (exact) mass is 276 g/mol. The van der Waals surface area contributed by atoms with E-state index < -0.39 is 8.32 Å². The Morgan fingerprint density at radius 2 is 1.56 bits per heavy atom. The molecule has 0 aromatic carbocycles. The van der Waals surface area contributed by atoms with Gasteiger partial charge in [-0.15, -0.1) is 0 Å². The van der Waals surface area contributed by atoms with E-state index in [0.717, 1.165) is 19.8 Å². The number of hydrogen-bond acceptors (Lipinski definition) is 3. The summed E-state index contributed by atoms with van der Waals surface area (Å²) < 4.78 is 15.9. The number of epoxide rings is 2. The first-order chi connectivity index (χ1) is 7.76. The van der Waals surface area contributed by atoms with Gasteiger partial charge in [-0.3, -0.25) is 0 Å². The van der Waals surface area contributed by atoms with E-state index in [9.17, 15) is 0 Å². The van der Waals surface area contributed by atoms with Crippen molar-refractivity contribution < 1.29 is 13.9 Å². The van der Waals surface area contributed by atoms with Crippen molar-refractivity contribution in [3.05, 3.63) is 0 Å². The highest BCUT2D eigenvalue weighted by molar-refractivity contribution is 6.74. The topological polar surface area (TPSA) is 34.3 Å². The van der Waals surface area contributed by atoms with Crippen LogP contribution in [0.25, 0.3) is 0 Å². The predicted octanol–water partition coefficient (Wildman–Crippen LogP) is 3.84. The van der Waals surface area contributed by atoms with Crippen LogP contribution < -0.4 is 0 Å². The summed E-state index contributed by atoms with van der Waals surface area (Å²) in [4.78, 5) is 0. The fourth-order valence-corrected chi connectivity index (χ4v) is 2.02. The fourth-order valence-electron chi connectivity index (χ4n) is 0.986. The SMILES string of the molecule is C.CC(C)(C)[Si](C)(C)OCC1CO1.CCC1CO1. The highest BCUT2D eigenvalue weighted by Crippen LogP contribution is 2.36. The van der Waals surface area contributed by atoms with Crippen LogP contribution in [0.15, 0.2) is 0 Å². The molecule has 2 unspecified atom stereocenters. The van der Waals surface area contributed by atoms with E-state index in [4.69, 9.17) is 13.9 Å². The van der Waals surface area contributed by atoms with Crippen molar-refractivity contribution in [2.75, 3.05) is 19.8 Å². The van der Waals surface area contributed by atoms with Crippen LogP contribution in [0.1, 0.15) is 41.5 Å². The van der Waals surface area contributed by atoms with Crippen LogP contribution in [0.3, 0.4) is 0 Å². The third-order valence-electron chi connectivity index (χ3n) is 3.70. The van der Waals surface area contributed by atoms with Gasteiger partial charge in [0.05, 0.1) is 25.9 Å². The van der Waals surface area contributed by atoms with Gasteiger partial charge in [0.25, 0.3) is 0 Å². The minimum absolute atomic E-state index is 0. The molecule has 18 heavy (non-hydrogen) atoms. The smallest absolute Gasteiger partial charge is 0.192 e. The summed E-state index contributed by atoms with van der Waals surface area (Å²) in [6, 6.07) is 0. The van der Waals surface area contributed by atoms with E-state index in [1.807, 2.05) is 0 Å². The molecule has 0 aromatic rings. The summed E-state index contributed by atoms with van der Waals surface area (Å²) in [6.07, 6.45) is 2.23. The van der Waals surface area contributed by atoms with Gasteiger partial charge in [-0.05, 0) is 24.6 Å². The van der Waals surface area contributed by atoms with Crippen molar-refractivity contribution in [3.8, 4) is 0 Å². The molecule has 0 aromatic heterocycles. The molecule has 0 N–H and O–H groups in total. The second-order valence-corrected chi connectivity index (χ2v) is 11.2. The maximum absolute atomic E-state index is 5.93. The average molecular weight is 276 g/mol. The van der Waals surface area contributed by atoms with E-state index in [2.05, 4.69) is 40.8 Å². The van der Waals surface area contributed by atoms with Crippen molar-refractivity contribution >= 4 is 8.32 Å². The highest BCUT2D eigenvalue weighted by atomic mass is 28.4. The van der Waals surface area contributed by atoms with Gasteiger partial charge in [0.15, 0.2) is 8.32 Å². The first-order valence-electron chi connectivity index (χ1n) is 6.63. The zero-order chi connectivity index (χ0) is 13.1. The Balaban J connectivity index is 0.000000405. The van der Waals surface area contributed by atoms with Gasteiger partial charge in [0.1, 0.15) is 6.10 Å². The van der Waals surface area contributed by atoms with Gasteiger partial charge in [-0.25, -0.2) is 0 Å². The van der Waals surface area contributed by atoms with Crippen molar-refractivity contribution in [1.29, 1.82) is 0 Å². The lowest BCUT2D eigenvalue weighted by Gasteiger charge is -2.35. The lowest BCUT2D eigenvalue weighted by Crippen LogP contribution is -2.41. The lowest BCUT2D eigenvalue weighted by molar-refractivity contribution is 0.243. The second-order valence-electron chi connectivity index (χ2n) is 6.39. The Labute approximate surface area is 114 Å². The van der Waals surface area contributed by atoms with Gasteiger partial charge >= 0.3 is 0 Å². The predicted molar refractivity (Wildman–Crippen MR) is 79.7 cm³/mol. The molecule has 0 saturated carbocycles. The summed E-state index contributed by atoms with van der Waals surface area (Å²) in [7, 11) is -1.51. The quantitative estimate of drug-likeness (QED) is 0.578. The van der Waals surface area contributed by atoms with Crippen LogP contribution >= 0.6 is 0 Å². The summed E-state index contributed by atoms with van der Waals surface area (Å²) in [6.45, 7) is 16.2. The molecule has 2 rings (SSSR count). The molecule has 2 fully saturated rings. The van der Waals surface area contributed by atoms with Crippen LogP contribution in [0.5, 0.6) is 0 Å². The van der Waals surface area contributed by atoms with E-state index in [-0.39, 0.29) is 7.43 Å².